The molecule has 0 aliphatic heterocycles. The Labute approximate surface area is 166 Å². The number of sulfonamides is 1. The number of rotatable bonds is 6. The summed E-state index contributed by atoms with van der Waals surface area (Å²) in [6, 6.07) is 8.17. The van der Waals surface area contributed by atoms with Gasteiger partial charge in [0, 0.05) is 24.1 Å². The van der Waals surface area contributed by atoms with Crippen molar-refractivity contribution in [3.63, 3.8) is 0 Å². The zero-order chi connectivity index (χ0) is 20.4. The van der Waals surface area contributed by atoms with Crippen LogP contribution in [0.15, 0.2) is 60.3 Å². The lowest BCUT2D eigenvalue weighted by molar-refractivity contribution is 0.461. The third-order valence-corrected chi connectivity index (χ3v) is 5.70. The molecule has 1 aromatic carbocycles. The van der Waals surface area contributed by atoms with Crippen molar-refractivity contribution in [3.05, 3.63) is 66.8 Å². The van der Waals surface area contributed by atoms with Crippen molar-refractivity contribution in [3.8, 4) is 17.4 Å². The molecule has 3 aromatic heterocycles. The van der Waals surface area contributed by atoms with E-state index in [1.807, 2.05) is 0 Å². The van der Waals surface area contributed by atoms with Crippen LogP contribution < -0.4 is 9.46 Å². The van der Waals surface area contributed by atoms with E-state index in [2.05, 4.69) is 29.9 Å². The van der Waals surface area contributed by atoms with E-state index in [1.165, 1.54) is 6.33 Å². The van der Waals surface area contributed by atoms with Crippen molar-refractivity contribution in [1.29, 1.82) is 0 Å². The van der Waals surface area contributed by atoms with Crippen LogP contribution >= 0.6 is 0 Å². The van der Waals surface area contributed by atoms with Crippen LogP contribution in [0.5, 0.6) is 11.6 Å². The lowest BCUT2D eigenvalue weighted by Crippen LogP contribution is -2.14. The van der Waals surface area contributed by atoms with Crippen LogP contribution in [0.2, 0.25) is 0 Å². The Hall–Kier alpha value is -3.73. The van der Waals surface area contributed by atoms with Gasteiger partial charge in [-0.1, -0.05) is 0 Å². The highest BCUT2D eigenvalue weighted by Crippen LogP contribution is 2.25. The molecule has 0 atom stereocenters. The number of H-pyrrole nitrogens is 1. The van der Waals surface area contributed by atoms with Crippen LogP contribution in [-0.4, -0.2) is 38.1 Å². The first-order valence-corrected chi connectivity index (χ1v) is 10.0. The number of aromatic amines is 1. The Balaban J connectivity index is 1.50. The van der Waals surface area contributed by atoms with E-state index in [0.717, 1.165) is 0 Å². The second-order valence-corrected chi connectivity index (χ2v) is 7.80. The van der Waals surface area contributed by atoms with E-state index in [-0.39, 0.29) is 4.90 Å². The molecule has 0 unspecified atom stereocenters. The van der Waals surface area contributed by atoms with Gasteiger partial charge in [0.25, 0.3) is 10.0 Å². The zero-order valence-corrected chi connectivity index (χ0v) is 16.4. The van der Waals surface area contributed by atoms with Gasteiger partial charge in [0.2, 0.25) is 5.88 Å². The van der Waals surface area contributed by atoms with Gasteiger partial charge >= 0.3 is 0 Å². The molecule has 29 heavy (non-hydrogen) atoms. The fourth-order valence-corrected chi connectivity index (χ4v) is 4.21. The van der Waals surface area contributed by atoms with Crippen LogP contribution in [0.25, 0.3) is 5.82 Å². The van der Waals surface area contributed by atoms with E-state index >= 15 is 0 Å². The van der Waals surface area contributed by atoms with Crippen molar-refractivity contribution < 1.29 is 13.2 Å². The molecule has 3 heterocycles. The summed E-state index contributed by atoms with van der Waals surface area (Å²) in [6.07, 6.45) is 6.42. The molecule has 0 bridgehead atoms. The largest absolute Gasteiger partial charge is 0.439 e. The summed E-state index contributed by atoms with van der Waals surface area (Å²) in [4.78, 5) is 12.4. The molecule has 148 valence electrons. The molecular weight excluding hydrogens is 394 g/mol. The minimum absolute atomic E-state index is 0.144. The summed E-state index contributed by atoms with van der Waals surface area (Å²) in [5, 5.41) is 6.60. The van der Waals surface area contributed by atoms with E-state index in [1.54, 1.807) is 67.5 Å². The van der Waals surface area contributed by atoms with Gasteiger partial charge in [-0.25, -0.2) is 23.4 Å². The minimum atomic E-state index is -3.75. The summed E-state index contributed by atoms with van der Waals surface area (Å²) in [5.74, 6) is 1.46. The Morgan fingerprint density at radius 3 is 2.59 bits per heavy atom. The molecule has 4 rings (SSSR count). The summed E-state index contributed by atoms with van der Waals surface area (Å²) in [6.45, 7) is 3.29. The van der Waals surface area contributed by atoms with Gasteiger partial charge in [-0.15, -0.1) is 0 Å². The first-order chi connectivity index (χ1) is 13.9. The number of nitrogens with zero attached hydrogens (tertiary/aromatic N) is 5. The second kappa shape index (κ2) is 7.36. The van der Waals surface area contributed by atoms with Gasteiger partial charge in [0.1, 0.15) is 29.1 Å². The number of aromatic nitrogens is 6. The number of hydrogen-bond donors (Lipinski definition) is 2. The van der Waals surface area contributed by atoms with Crippen LogP contribution in [0, 0.1) is 13.8 Å². The second-order valence-electron chi connectivity index (χ2n) is 6.18. The molecule has 0 fully saturated rings. The minimum Gasteiger partial charge on any atom is -0.439 e. The van der Waals surface area contributed by atoms with Gasteiger partial charge in [-0.05, 0) is 38.1 Å². The Bertz CT molecular complexity index is 1210. The maximum absolute atomic E-state index is 12.6. The summed E-state index contributed by atoms with van der Waals surface area (Å²) >= 11 is 0. The Morgan fingerprint density at radius 2 is 1.93 bits per heavy atom. The van der Waals surface area contributed by atoms with E-state index in [0.29, 0.717) is 34.5 Å². The number of benzene rings is 1. The SMILES string of the molecule is Cc1n[nH]c(C)c1S(=O)(=O)Nc1ccc(Oc2cc(-n3ccnc3)ncn2)cc1. The zero-order valence-electron chi connectivity index (χ0n) is 15.6. The average molecular weight is 411 g/mol. The van der Waals surface area contributed by atoms with E-state index < -0.39 is 10.0 Å². The summed E-state index contributed by atoms with van der Waals surface area (Å²) < 4.78 is 35.2. The fourth-order valence-electron chi connectivity index (χ4n) is 2.78. The predicted molar refractivity (Wildman–Crippen MR) is 105 cm³/mol. The Morgan fingerprint density at radius 1 is 1.14 bits per heavy atom. The highest BCUT2D eigenvalue weighted by atomic mass is 32.2. The third kappa shape index (κ3) is 3.94. The number of nitrogens with one attached hydrogen (secondary N) is 2. The molecule has 0 saturated carbocycles. The molecular formula is C18H17N7O3S. The first-order valence-electron chi connectivity index (χ1n) is 8.55. The number of anilines is 1. The molecule has 0 radical (unpaired) electrons. The monoisotopic (exact) mass is 411 g/mol. The molecule has 4 aromatic rings. The number of aryl methyl sites for hydroxylation is 2. The van der Waals surface area contributed by atoms with Crippen LogP contribution in [-0.2, 0) is 10.0 Å². The van der Waals surface area contributed by atoms with Gasteiger partial charge in [-0.3, -0.25) is 14.4 Å². The number of imidazole rings is 1. The van der Waals surface area contributed by atoms with Crippen molar-refractivity contribution in [2.24, 2.45) is 0 Å². The van der Waals surface area contributed by atoms with Crippen molar-refractivity contribution in [1.82, 2.24) is 29.7 Å². The van der Waals surface area contributed by atoms with Crippen molar-refractivity contribution in [2.75, 3.05) is 4.72 Å². The van der Waals surface area contributed by atoms with Crippen LogP contribution in [0.4, 0.5) is 5.69 Å². The quantitative estimate of drug-likeness (QED) is 0.499. The summed E-state index contributed by atoms with van der Waals surface area (Å²) in [7, 11) is -3.75. The van der Waals surface area contributed by atoms with Gasteiger partial charge < -0.3 is 4.74 Å². The third-order valence-electron chi connectivity index (χ3n) is 4.05. The molecule has 0 aliphatic carbocycles. The number of ether oxygens (including phenoxy) is 1. The highest BCUT2D eigenvalue weighted by molar-refractivity contribution is 7.92. The first kappa shape index (κ1) is 18.6. The maximum atomic E-state index is 12.6. The standard InChI is InChI=1S/C18H17N7O3S/c1-12-18(13(2)23-22-12)29(26,27)24-14-3-5-15(6-4-14)28-17-9-16(20-10-21-17)25-8-7-19-11-25/h3-11,24H,1-2H3,(H,22,23). The predicted octanol–water partition coefficient (Wildman–Crippen LogP) is 2.60. The molecule has 0 amide bonds. The van der Waals surface area contributed by atoms with Crippen LogP contribution in [0.1, 0.15) is 11.4 Å². The lowest BCUT2D eigenvalue weighted by atomic mass is 10.3. The van der Waals surface area contributed by atoms with Gasteiger partial charge in [0.05, 0.1) is 11.4 Å². The van der Waals surface area contributed by atoms with E-state index in [9.17, 15) is 8.42 Å². The number of hydrogen-bond acceptors (Lipinski definition) is 7. The maximum Gasteiger partial charge on any atom is 0.265 e. The van der Waals surface area contributed by atoms with Gasteiger partial charge in [0.15, 0.2) is 0 Å². The molecule has 0 spiro atoms. The fraction of sp³-hybridized carbons (Fsp3) is 0.111. The van der Waals surface area contributed by atoms with Crippen molar-refractivity contribution in [2.45, 2.75) is 18.7 Å². The summed E-state index contributed by atoms with van der Waals surface area (Å²) in [5.41, 5.74) is 1.29. The smallest absolute Gasteiger partial charge is 0.265 e. The molecule has 0 saturated heterocycles. The molecule has 10 nitrogen and oxygen atoms in total. The molecule has 11 heteroatoms. The van der Waals surface area contributed by atoms with Gasteiger partial charge in [-0.2, -0.15) is 5.10 Å². The van der Waals surface area contributed by atoms with Crippen LogP contribution in [0.3, 0.4) is 0 Å². The highest BCUT2D eigenvalue weighted by Gasteiger charge is 2.22. The van der Waals surface area contributed by atoms with E-state index in [4.69, 9.17) is 4.74 Å². The molecule has 2 N–H and O–H groups in total. The Kier molecular flexibility index (Phi) is 4.72. The van der Waals surface area contributed by atoms with Crippen molar-refractivity contribution >= 4 is 15.7 Å². The average Bonchev–Trinajstić information content (AvgIpc) is 3.34. The normalized spacial score (nSPS) is 11.4. The topological polar surface area (TPSA) is 128 Å². The molecule has 0 aliphatic rings. The lowest BCUT2D eigenvalue weighted by Gasteiger charge is -2.10.